The van der Waals surface area contributed by atoms with E-state index in [1.54, 1.807) is 0 Å². The summed E-state index contributed by atoms with van der Waals surface area (Å²) in [5, 5.41) is 3.87. The van der Waals surface area contributed by atoms with Crippen molar-refractivity contribution < 1.29 is 9.53 Å². The molecule has 0 atom stereocenters. The van der Waals surface area contributed by atoms with E-state index in [0.29, 0.717) is 0 Å². The number of benzene rings is 1. The second-order valence-electron chi connectivity index (χ2n) is 5.30. The molecule has 124 valence electrons. The summed E-state index contributed by atoms with van der Waals surface area (Å²) in [6.45, 7) is 15.5. The van der Waals surface area contributed by atoms with Gasteiger partial charge in [-0.05, 0) is 51.5 Å². The first-order valence-electron chi connectivity index (χ1n) is 7.93. The van der Waals surface area contributed by atoms with Crippen molar-refractivity contribution >= 4 is 22.7 Å². The van der Waals surface area contributed by atoms with Gasteiger partial charge in [-0.1, -0.05) is 27.7 Å². The standard InChI is InChI=1S/C14H18N2O2.2C2H6/c1-9-10-7-8-15-12(10)6-5-11(9)16-13(17)18-14(2,3)4;2*1-2/h5-8,15H,1-4H3,(H,16,17);2*1-2H3. The maximum atomic E-state index is 11.7. The Labute approximate surface area is 134 Å². The highest BCUT2D eigenvalue weighted by Gasteiger charge is 2.17. The van der Waals surface area contributed by atoms with E-state index in [-0.39, 0.29) is 0 Å². The molecule has 1 aromatic carbocycles. The smallest absolute Gasteiger partial charge is 0.412 e. The lowest BCUT2D eigenvalue weighted by Gasteiger charge is -2.20. The minimum absolute atomic E-state index is 0.430. The van der Waals surface area contributed by atoms with Gasteiger partial charge in [0.05, 0.1) is 0 Å². The van der Waals surface area contributed by atoms with Crippen molar-refractivity contribution in [1.29, 1.82) is 0 Å². The Hall–Kier alpha value is -1.97. The van der Waals surface area contributed by atoms with Crippen LogP contribution in [-0.4, -0.2) is 16.7 Å². The van der Waals surface area contributed by atoms with Crippen molar-refractivity contribution in [2.24, 2.45) is 0 Å². The molecule has 2 rings (SSSR count). The minimum atomic E-state index is -0.490. The van der Waals surface area contributed by atoms with Crippen molar-refractivity contribution in [1.82, 2.24) is 4.98 Å². The van der Waals surface area contributed by atoms with Crippen LogP contribution in [0.15, 0.2) is 24.4 Å². The summed E-state index contributed by atoms with van der Waals surface area (Å²) in [5.41, 5.74) is 2.37. The molecule has 0 saturated carbocycles. The summed E-state index contributed by atoms with van der Waals surface area (Å²) in [6, 6.07) is 5.80. The number of fused-ring (bicyclic) bond motifs is 1. The number of carbonyl (C=O) groups excluding carboxylic acids is 1. The number of aromatic nitrogens is 1. The van der Waals surface area contributed by atoms with Gasteiger partial charge in [-0.15, -0.1) is 0 Å². The van der Waals surface area contributed by atoms with Gasteiger partial charge in [0, 0.05) is 22.8 Å². The number of anilines is 1. The topological polar surface area (TPSA) is 54.1 Å². The van der Waals surface area contributed by atoms with E-state index in [9.17, 15) is 4.79 Å². The molecule has 2 aromatic rings. The third-order valence-electron chi connectivity index (χ3n) is 2.64. The second-order valence-corrected chi connectivity index (χ2v) is 5.30. The molecule has 0 saturated heterocycles. The fourth-order valence-corrected chi connectivity index (χ4v) is 1.83. The van der Waals surface area contributed by atoms with Gasteiger partial charge in [-0.3, -0.25) is 5.32 Å². The molecule has 0 unspecified atom stereocenters. The van der Waals surface area contributed by atoms with Gasteiger partial charge in [0.15, 0.2) is 0 Å². The molecule has 1 heterocycles. The number of hydrogen-bond acceptors (Lipinski definition) is 2. The third-order valence-corrected chi connectivity index (χ3v) is 2.64. The Bertz CT molecular complexity index is 580. The molecular formula is C18H30N2O2. The molecule has 4 nitrogen and oxygen atoms in total. The van der Waals surface area contributed by atoms with E-state index in [0.717, 1.165) is 22.2 Å². The molecule has 1 amide bonds. The highest BCUT2D eigenvalue weighted by Crippen LogP contribution is 2.25. The zero-order valence-corrected chi connectivity index (χ0v) is 15.1. The number of nitrogens with one attached hydrogen (secondary N) is 2. The quantitative estimate of drug-likeness (QED) is 0.691. The minimum Gasteiger partial charge on any atom is -0.444 e. The number of H-pyrrole nitrogens is 1. The van der Waals surface area contributed by atoms with E-state index < -0.39 is 11.7 Å². The Balaban J connectivity index is 0.00000102. The molecular weight excluding hydrogens is 276 g/mol. The van der Waals surface area contributed by atoms with E-state index in [1.807, 2.05) is 79.8 Å². The normalized spacial score (nSPS) is 10.0. The van der Waals surface area contributed by atoms with Crippen molar-refractivity contribution in [2.75, 3.05) is 5.32 Å². The lowest BCUT2D eigenvalue weighted by Crippen LogP contribution is -2.27. The number of aryl methyl sites for hydroxylation is 1. The van der Waals surface area contributed by atoms with E-state index in [1.165, 1.54) is 0 Å². The largest absolute Gasteiger partial charge is 0.444 e. The molecule has 0 bridgehead atoms. The lowest BCUT2D eigenvalue weighted by atomic mass is 10.1. The summed E-state index contributed by atoms with van der Waals surface area (Å²) in [5.74, 6) is 0. The predicted octanol–water partition coefficient (Wildman–Crippen LogP) is 5.88. The SMILES string of the molecule is CC.CC.Cc1c(NC(=O)OC(C)(C)C)ccc2[nH]ccc12. The fraction of sp³-hybridized carbons (Fsp3) is 0.500. The molecule has 0 radical (unpaired) electrons. The first-order chi connectivity index (χ1) is 10.4. The average molecular weight is 306 g/mol. The highest BCUT2D eigenvalue weighted by atomic mass is 16.6. The second kappa shape index (κ2) is 9.13. The summed E-state index contributed by atoms with van der Waals surface area (Å²) in [6.07, 6.45) is 1.45. The summed E-state index contributed by atoms with van der Waals surface area (Å²) in [4.78, 5) is 14.8. The van der Waals surface area contributed by atoms with Crippen LogP contribution in [-0.2, 0) is 4.74 Å². The van der Waals surface area contributed by atoms with Crippen LogP contribution in [0.4, 0.5) is 10.5 Å². The molecule has 22 heavy (non-hydrogen) atoms. The molecule has 2 N–H and O–H groups in total. The zero-order valence-electron chi connectivity index (χ0n) is 15.1. The van der Waals surface area contributed by atoms with E-state index in [4.69, 9.17) is 4.74 Å². The van der Waals surface area contributed by atoms with Crippen LogP contribution in [0.25, 0.3) is 10.9 Å². The first kappa shape index (κ1) is 20.0. The summed E-state index contributed by atoms with van der Waals surface area (Å²) in [7, 11) is 0. The van der Waals surface area contributed by atoms with Gasteiger partial charge >= 0.3 is 6.09 Å². The van der Waals surface area contributed by atoms with Crippen LogP contribution < -0.4 is 5.32 Å². The van der Waals surface area contributed by atoms with Gasteiger partial charge < -0.3 is 9.72 Å². The predicted molar refractivity (Wildman–Crippen MR) is 95.6 cm³/mol. The molecule has 1 aromatic heterocycles. The van der Waals surface area contributed by atoms with Crippen molar-refractivity contribution in [3.63, 3.8) is 0 Å². The number of rotatable bonds is 1. The molecule has 0 aliphatic rings. The average Bonchev–Trinajstić information content (AvgIpc) is 2.94. The van der Waals surface area contributed by atoms with Crippen LogP contribution in [0.3, 0.4) is 0 Å². The van der Waals surface area contributed by atoms with Crippen molar-refractivity contribution in [3.8, 4) is 0 Å². The Morgan fingerprint density at radius 3 is 2.23 bits per heavy atom. The van der Waals surface area contributed by atoms with Gasteiger partial charge in [-0.25, -0.2) is 4.79 Å². The monoisotopic (exact) mass is 306 g/mol. The Morgan fingerprint density at radius 1 is 1.09 bits per heavy atom. The van der Waals surface area contributed by atoms with Gasteiger partial charge in [0.2, 0.25) is 0 Å². The van der Waals surface area contributed by atoms with Crippen molar-refractivity contribution in [2.45, 2.75) is 61.0 Å². The first-order valence-corrected chi connectivity index (χ1v) is 7.93. The zero-order chi connectivity index (χ0) is 17.3. The van der Waals surface area contributed by atoms with Crippen LogP contribution in [0.5, 0.6) is 0 Å². The highest BCUT2D eigenvalue weighted by molar-refractivity contribution is 5.93. The summed E-state index contributed by atoms with van der Waals surface area (Å²) < 4.78 is 5.23. The van der Waals surface area contributed by atoms with Gasteiger partial charge in [0.1, 0.15) is 5.60 Å². The molecule has 0 aliphatic heterocycles. The van der Waals surface area contributed by atoms with Gasteiger partial charge in [0.25, 0.3) is 0 Å². The lowest BCUT2D eigenvalue weighted by molar-refractivity contribution is 0.0636. The molecule has 0 spiro atoms. The van der Waals surface area contributed by atoms with Crippen LogP contribution in [0, 0.1) is 6.92 Å². The van der Waals surface area contributed by atoms with Gasteiger partial charge in [-0.2, -0.15) is 0 Å². The number of hydrogen-bond donors (Lipinski definition) is 2. The fourth-order valence-electron chi connectivity index (χ4n) is 1.83. The number of carbonyl (C=O) groups is 1. The Morgan fingerprint density at radius 2 is 1.68 bits per heavy atom. The molecule has 0 fully saturated rings. The molecule has 4 heteroatoms. The van der Waals surface area contributed by atoms with Crippen molar-refractivity contribution in [3.05, 3.63) is 30.0 Å². The van der Waals surface area contributed by atoms with E-state index in [2.05, 4.69) is 10.3 Å². The number of aromatic amines is 1. The number of ether oxygens (including phenoxy) is 1. The Kier molecular flexibility index (Phi) is 8.31. The maximum absolute atomic E-state index is 11.7. The number of amides is 1. The van der Waals surface area contributed by atoms with Crippen LogP contribution in [0.2, 0.25) is 0 Å². The van der Waals surface area contributed by atoms with E-state index >= 15 is 0 Å². The maximum Gasteiger partial charge on any atom is 0.412 e. The van der Waals surface area contributed by atoms with Crippen LogP contribution >= 0.6 is 0 Å². The third kappa shape index (κ3) is 5.80. The molecule has 0 aliphatic carbocycles. The summed E-state index contributed by atoms with van der Waals surface area (Å²) >= 11 is 0. The van der Waals surface area contributed by atoms with Crippen LogP contribution in [0.1, 0.15) is 54.0 Å².